The molecular weight excluding hydrogens is 256 g/mol. The van der Waals surface area contributed by atoms with Crippen molar-refractivity contribution < 1.29 is 14.3 Å². The molecule has 0 aromatic heterocycles. The van der Waals surface area contributed by atoms with Crippen molar-refractivity contribution in [2.75, 3.05) is 32.9 Å². The number of amides is 1. The van der Waals surface area contributed by atoms with Crippen LogP contribution in [0.1, 0.15) is 39.0 Å². The maximum atomic E-state index is 12.7. The van der Waals surface area contributed by atoms with Gasteiger partial charge in [0.15, 0.2) is 0 Å². The van der Waals surface area contributed by atoms with Gasteiger partial charge < -0.3 is 14.4 Å². The topological polar surface area (TPSA) is 62.6 Å². The Bertz CT molecular complexity index is 372. The van der Waals surface area contributed by atoms with Crippen LogP contribution in [-0.4, -0.2) is 49.8 Å². The molecule has 1 unspecified atom stereocenters. The van der Waals surface area contributed by atoms with Gasteiger partial charge >= 0.3 is 0 Å². The molecular formula is C15H24N2O3. The maximum absolute atomic E-state index is 12.7. The number of piperidine rings is 1. The highest BCUT2D eigenvalue weighted by Crippen LogP contribution is 2.33. The summed E-state index contributed by atoms with van der Waals surface area (Å²) in [5, 5.41) is 9.47. The highest BCUT2D eigenvalue weighted by Gasteiger charge is 2.44. The van der Waals surface area contributed by atoms with Crippen molar-refractivity contribution in [3.63, 3.8) is 0 Å². The van der Waals surface area contributed by atoms with E-state index in [0.717, 1.165) is 32.4 Å². The van der Waals surface area contributed by atoms with Gasteiger partial charge in [-0.1, -0.05) is 6.92 Å². The summed E-state index contributed by atoms with van der Waals surface area (Å²) in [7, 11) is 0. The molecule has 2 fully saturated rings. The van der Waals surface area contributed by atoms with E-state index in [2.05, 4.69) is 13.0 Å². The molecule has 2 saturated heterocycles. The summed E-state index contributed by atoms with van der Waals surface area (Å²) < 4.78 is 11.1. The third kappa shape index (κ3) is 3.31. The van der Waals surface area contributed by atoms with E-state index in [1.165, 1.54) is 0 Å². The molecule has 1 amide bonds. The minimum atomic E-state index is -0.870. The van der Waals surface area contributed by atoms with E-state index in [9.17, 15) is 10.1 Å². The van der Waals surface area contributed by atoms with Crippen molar-refractivity contribution in [3.05, 3.63) is 0 Å². The van der Waals surface area contributed by atoms with Crippen molar-refractivity contribution in [1.29, 1.82) is 5.26 Å². The van der Waals surface area contributed by atoms with Crippen molar-refractivity contribution in [2.45, 2.75) is 45.1 Å². The third-order valence-electron chi connectivity index (χ3n) is 4.19. The van der Waals surface area contributed by atoms with Crippen molar-refractivity contribution >= 4 is 5.91 Å². The van der Waals surface area contributed by atoms with E-state index < -0.39 is 5.41 Å². The summed E-state index contributed by atoms with van der Waals surface area (Å²) in [4.78, 5) is 14.5. The summed E-state index contributed by atoms with van der Waals surface area (Å²) in [5.41, 5.74) is -0.870. The second-order valence-electron chi connectivity index (χ2n) is 5.69. The van der Waals surface area contributed by atoms with Crippen LogP contribution in [0.5, 0.6) is 0 Å². The molecule has 5 heteroatoms. The molecule has 0 N–H and O–H groups in total. The predicted octanol–water partition coefficient (Wildman–Crippen LogP) is 1.72. The highest BCUT2D eigenvalue weighted by atomic mass is 16.5. The van der Waals surface area contributed by atoms with Gasteiger partial charge in [0, 0.05) is 32.9 Å². The van der Waals surface area contributed by atoms with E-state index in [4.69, 9.17) is 9.47 Å². The zero-order valence-electron chi connectivity index (χ0n) is 12.3. The van der Waals surface area contributed by atoms with E-state index in [-0.39, 0.29) is 12.0 Å². The van der Waals surface area contributed by atoms with E-state index in [1.807, 2.05) is 4.90 Å². The molecule has 0 bridgehead atoms. The van der Waals surface area contributed by atoms with Gasteiger partial charge in [0.25, 0.3) is 0 Å². The average molecular weight is 280 g/mol. The Kier molecular flexibility index (Phi) is 5.38. The lowest BCUT2D eigenvalue weighted by molar-refractivity contribution is -0.147. The number of nitriles is 1. The first kappa shape index (κ1) is 15.3. The molecule has 20 heavy (non-hydrogen) atoms. The van der Waals surface area contributed by atoms with Gasteiger partial charge in [0.2, 0.25) is 5.91 Å². The Hall–Kier alpha value is -1.12. The van der Waals surface area contributed by atoms with Crippen LogP contribution in [0.25, 0.3) is 0 Å². The summed E-state index contributed by atoms with van der Waals surface area (Å²) >= 11 is 0. The normalized spacial score (nSPS) is 26.0. The second-order valence-corrected chi connectivity index (χ2v) is 5.69. The SMILES string of the molecule is CCCOC1CCCN(C(=O)C2(C#N)CCOCC2)C1. The lowest BCUT2D eigenvalue weighted by atomic mass is 9.80. The fourth-order valence-electron chi connectivity index (χ4n) is 2.94. The summed E-state index contributed by atoms with van der Waals surface area (Å²) in [6.45, 7) is 5.20. The first-order chi connectivity index (χ1) is 9.72. The molecule has 2 aliphatic rings. The highest BCUT2D eigenvalue weighted by molar-refractivity contribution is 5.85. The van der Waals surface area contributed by atoms with Crippen LogP contribution in [0, 0.1) is 16.7 Å². The molecule has 0 saturated carbocycles. The zero-order valence-corrected chi connectivity index (χ0v) is 12.3. The van der Waals surface area contributed by atoms with Crippen molar-refractivity contribution in [2.24, 2.45) is 5.41 Å². The van der Waals surface area contributed by atoms with Crippen molar-refractivity contribution in [1.82, 2.24) is 4.90 Å². The Labute approximate surface area is 120 Å². The van der Waals surface area contributed by atoms with Crippen LogP contribution in [0.15, 0.2) is 0 Å². The van der Waals surface area contributed by atoms with Crippen LogP contribution < -0.4 is 0 Å². The lowest BCUT2D eigenvalue weighted by Gasteiger charge is -2.38. The number of nitrogens with zero attached hydrogens (tertiary/aromatic N) is 2. The van der Waals surface area contributed by atoms with Gasteiger partial charge in [0.1, 0.15) is 5.41 Å². The van der Waals surface area contributed by atoms with Gasteiger partial charge in [-0.25, -0.2) is 0 Å². The van der Waals surface area contributed by atoms with Crippen LogP contribution in [0.3, 0.4) is 0 Å². The molecule has 1 atom stereocenters. The van der Waals surface area contributed by atoms with Gasteiger partial charge in [0.05, 0.1) is 12.2 Å². The van der Waals surface area contributed by atoms with Gasteiger partial charge in [-0.2, -0.15) is 5.26 Å². The van der Waals surface area contributed by atoms with Gasteiger partial charge in [-0.15, -0.1) is 0 Å². The molecule has 2 rings (SSSR count). The first-order valence-corrected chi connectivity index (χ1v) is 7.62. The molecule has 0 radical (unpaired) electrons. The Morgan fingerprint density at radius 3 is 2.90 bits per heavy atom. The van der Waals surface area contributed by atoms with Crippen molar-refractivity contribution in [3.8, 4) is 6.07 Å². The van der Waals surface area contributed by atoms with Crippen LogP contribution in [0.4, 0.5) is 0 Å². The molecule has 112 valence electrons. The van der Waals surface area contributed by atoms with Crippen LogP contribution in [0.2, 0.25) is 0 Å². The summed E-state index contributed by atoms with van der Waals surface area (Å²) in [6, 6.07) is 2.26. The maximum Gasteiger partial charge on any atom is 0.243 e. The molecule has 0 spiro atoms. The Morgan fingerprint density at radius 1 is 1.50 bits per heavy atom. The molecule has 0 aromatic carbocycles. The summed E-state index contributed by atoms with van der Waals surface area (Å²) in [6.07, 6.45) is 4.11. The molecule has 0 aliphatic carbocycles. The predicted molar refractivity (Wildman–Crippen MR) is 73.9 cm³/mol. The van der Waals surface area contributed by atoms with E-state index in [0.29, 0.717) is 32.6 Å². The first-order valence-electron chi connectivity index (χ1n) is 7.62. The Balaban J connectivity index is 1.98. The smallest absolute Gasteiger partial charge is 0.243 e. The molecule has 2 heterocycles. The number of carbonyl (C=O) groups excluding carboxylic acids is 1. The van der Waals surface area contributed by atoms with E-state index in [1.54, 1.807) is 0 Å². The fraction of sp³-hybridized carbons (Fsp3) is 0.867. The average Bonchev–Trinajstić information content (AvgIpc) is 2.53. The number of ether oxygens (including phenoxy) is 2. The number of carbonyl (C=O) groups is 1. The molecule has 5 nitrogen and oxygen atoms in total. The van der Waals surface area contributed by atoms with Crippen LogP contribution >= 0.6 is 0 Å². The monoisotopic (exact) mass is 280 g/mol. The molecule has 0 aromatic rings. The lowest BCUT2D eigenvalue weighted by Crippen LogP contribution is -2.51. The fourth-order valence-corrected chi connectivity index (χ4v) is 2.94. The minimum absolute atomic E-state index is 0.0203. The van der Waals surface area contributed by atoms with E-state index >= 15 is 0 Å². The number of hydrogen-bond acceptors (Lipinski definition) is 4. The third-order valence-corrected chi connectivity index (χ3v) is 4.19. The zero-order chi connectivity index (χ0) is 14.4. The number of hydrogen-bond donors (Lipinski definition) is 0. The quantitative estimate of drug-likeness (QED) is 0.786. The minimum Gasteiger partial charge on any atom is -0.381 e. The number of likely N-dealkylation sites (tertiary alicyclic amines) is 1. The number of rotatable bonds is 4. The Morgan fingerprint density at radius 2 is 2.25 bits per heavy atom. The molecule has 2 aliphatic heterocycles. The van der Waals surface area contributed by atoms with Gasteiger partial charge in [-0.05, 0) is 32.1 Å². The van der Waals surface area contributed by atoms with Gasteiger partial charge in [-0.3, -0.25) is 4.79 Å². The standard InChI is InChI=1S/C15H24N2O3/c1-2-8-20-13-4-3-7-17(11-13)14(18)15(12-16)5-9-19-10-6-15/h13H,2-11H2,1H3. The van der Waals surface area contributed by atoms with Crippen LogP contribution in [-0.2, 0) is 14.3 Å². The largest absolute Gasteiger partial charge is 0.381 e. The summed E-state index contributed by atoms with van der Waals surface area (Å²) in [5.74, 6) is -0.0203. The second kappa shape index (κ2) is 7.05.